The first-order chi connectivity index (χ1) is 14.6. The zero-order valence-electron chi connectivity index (χ0n) is 17.9. The van der Waals surface area contributed by atoms with Crippen LogP contribution in [0.4, 0.5) is 13.2 Å². The van der Waals surface area contributed by atoms with Gasteiger partial charge in [-0.25, -0.2) is 0 Å². The van der Waals surface area contributed by atoms with E-state index in [2.05, 4.69) is 5.32 Å². The highest BCUT2D eigenvalue weighted by atomic mass is 19.4. The number of halogens is 3. The monoisotopic (exact) mass is 432 g/mol. The van der Waals surface area contributed by atoms with E-state index < -0.39 is 23.6 Å². The number of hydrogen-bond acceptors (Lipinski definition) is 2. The Bertz CT molecular complexity index is 939. The number of carbonyl (C=O) groups excluding carboxylic acids is 2. The van der Waals surface area contributed by atoms with Gasteiger partial charge in [0, 0.05) is 31.1 Å². The summed E-state index contributed by atoms with van der Waals surface area (Å²) in [7, 11) is 0. The van der Waals surface area contributed by atoms with Crippen molar-refractivity contribution in [1.82, 2.24) is 10.2 Å². The summed E-state index contributed by atoms with van der Waals surface area (Å²) in [6.07, 6.45) is -4.47. The Hall–Kier alpha value is -2.83. The molecule has 2 unspecified atom stereocenters. The van der Waals surface area contributed by atoms with E-state index in [4.69, 9.17) is 0 Å². The average Bonchev–Trinajstić information content (AvgIpc) is 3.17. The van der Waals surface area contributed by atoms with Crippen molar-refractivity contribution in [3.05, 3.63) is 70.8 Å². The van der Waals surface area contributed by atoms with Gasteiger partial charge in [0.1, 0.15) is 0 Å². The van der Waals surface area contributed by atoms with Gasteiger partial charge in [0.2, 0.25) is 5.91 Å². The molecule has 0 aromatic heterocycles. The second-order valence-corrected chi connectivity index (χ2v) is 8.55. The number of likely N-dealkylation sites (tertiary alicyclic amines) is 1. The average molecular weight is 432 g/mol. The lowest BCUT2D eigenvalue weighted by Gasteiger charge is -2.20. The molecule has 2 atom stereocenters. The number of carbonyl (C=O) groups is 2. The van der Waals surface area contributed by atoms with Crippen molar-refractivity contribution in [3.8, 4) is 0 Å². The summed E-state index contributed by atoms with van der Waals surface area (Å²) in [6.45, 7) is 6.67. The molecule has 1 aliphatic heterocycles. The largest absolute Gasteiger partial charge is 0.416 e. The maximum atomic E-state index is 13.2. The fraction of sp³-hybridized carbons (Fsp3) is 0.417. The summed E-state index contributed by atoms with van der Waals surface area (Å²) in [5, 5.41) is 2.88. The summed E-state index contributed by atoms with van der Waals surface area (Å²) in [4.78, 5) is 27.5. The van der Waals surface area contributed by atoms with E-state index >= 15 is 0 Å². The smallest absolute Gasteiger partial charge is 0.356 e. The van der Waals surface area contributed by atoms with Gasteiger partial charge in [0.25, 0.3) is 5.91 Å². The highest BCUT2D eigenvalue weighted by Crippen LogP contribution is 2.37. The Labute approximate surface area is 180 Å². The van der Waals surface area contributed by atoms with E-state index in [0.717, 1.165) is 17.7 Å². The van der Waals surface area contributed by atoms with Crippen molar-refractivity contribution in [2.75, 3.05) is 19.6 Å². The maximum Gasteiger partial charge on any atom is 0.416 e. The molecule has 31 heavy (non-hydrogen) atoms. The van der Waals surface area contributed by atoms with Gasteiger partial charge in [-0.15, -0.1) is 0 Å². The summed E-state index contributed by atoms with van der Waals surface area (Å²) in [6, 6.07) is 12.2. The molecule has 2 aromatic rings. The van der Waals surface area contributed by atoms with Crippen LogP contribution in [0.5, 0.6) is 0 Å². The molecule has 0 bridgehead atoms. The third-order valence-corrected chi connectivity index (χ3v) is 5.57. The third kappa shape index (κ3) is 5.46. The number of alkyl halides is 3. The van der Waals surface area contributed by atoms with Gasteiger partial charge in [-0.1, -0.05) is 49.7 Å². The molecule has 1 saturated heterocycles. The fourth-order valence-electron chi connectivity index (χ4n) is 3.83. The lowest BCUT2D eigenvalue weighted by atomic mass is 9.87. The van der Waals surface area contributed by atoms with Crippen LogP contribution in [0.25, 0.3) is 0 Å². The van der Waals surface area contributed by atoms with Gasteiger partial charge in [0.05, 0.1) is 11.5 Å². The molecule has 1 N–H and O–H groups in total. The number of hydrogen-bond donors (Lipinski definition) is 1. The highest BCUT2D eigenvalue weighted by molar-refractivity contribution is 5.95. The van der Waals surface area contributed by atoms with Gasteiger partial charge >= 0.3 is 6.18 Å². The first-order valence-electron chi connectivity index (χ1n) is 10.4. The normalized spacial score (nSPS) is 19.0. The molecule has 1 heterocycles. The minimum Gasteiger partial charge on any atom is -0.356 e. The molecule has 0 spiro atoms. The first kappa shape index (κ1) is 22.8. The first-order valence-corrected chi connectivity index (χ1v) is 10.4. The van der Waals surface area contributed by atoms with Crippen LogP contribution in [-0.2, 0) is 11.0 Å². The SMILES string of the molecule is Cc1ccc(C(=O)N2CC(C(=O)NCC(C)C)C(c3cccc(C(F)(F)F)c3)C2)cc1. The lowest BCUT2D eigenvalue weighted by Crippen LogP contribution is -2.37. The Morgan fingerprint density at radius 1 is 1.10 bits per heavy atom. The second-order valence-electron chi connectivity index (χ2n) is 8.55. The van der Waals surface area contributed by atoms with Crippen LogP contribution in [0, 0.1) is 18.8 Å². The van der Waals surface area contributed by atoms with E-state index in [0.29, 0.717) is 17.7 Å². The summed E-state index contributed by atoms with van der Waals surface area (Å²) < 4.78 is 39.7. The summed E-state index contributed by atoms with van der Waals surface area (Å²) >= 11 is 0. The number of amides is 2. The molecule has 166 valence electrons. The Morgan fingerprint density at radius 2 is 1.77 bits per heavy atom. The minimum atomic E-state index is -4.47. The topological polar surface area (TPSA) is 49.4 Å². The zero-order chi connectivity index (χ0) is 22.8. The van der Waals surface area contributed by atoms with E-state index in [1.807, 2.05) is 32.9 Å². The lowest BCUT2D eigenvalue weighted by molar-refractivity contribution is -0.137. The molecule has 2 aromatic carbocycles. The Balaban J connectivity index is 1.89. The van der Waals surface area contributed by atoms with Crippen LogP contribution >= 0.6 is 0 Å². The summed E-state index contributed by atoms with van der Waals surface area (Å²) in [5.74, 6) is -1.35. The molecular formula is C24H27F3N2O2. The third-order valence-electron chi connectivity index (χ3n) is 5.57. The maximum absolute atomic E-state index is 13.2. The van der Waals surface area contributed by atoms with Crippen molar-refractivity contribution < 1.29 is 22.8 Å². The minimum absolute atomic E-state index is 0.164. The van der Waals surface area contributed by atoms with Gasteiger partial charge in [-0.05, 0) is 36.6 Å². The molecular weight excluding hydrogens is 405 g/mol. The van der Waals surface area contributed by atoms with E-state index in [1.165, 1.54) is 6.07 Å². The van der Waals surface area contributed by atoms with Crippen LogP contribution < -0.4 is 5.32 Å². The number of aryl methyl sites for hydroxylation is 1. The second kappa shape index (κ2) is 9.12. The quantitative estimate of drug-likeness (QED) is 0.748. The molecule has 4 nitrogen and oxygen atoms in total. The fourth-order valence-corrected chi connectivity index (χ4v) is 3.83. The molecule has 0 saturated carbocycles. The van der Waals surface area contributed by atoms with Gasteiger partial charge in [0.15, 0.2) is 0 Å². The van der Waals surface area contributed by atoms with Gasteiger partial charge in [-0.3, -0.25) is 9.59 Å². The van der Waals surface area contributed by atoms with E-state index in [1.54, 1.807) is 23.1 Å². The molecule has 0 aliphatic carbocycles. The molecule has 1 aliphatic rings. The van der Waals surface area contributed by atoms with Crippen molar-refractivity contribution in [1.29, 1.82) is 0 Å². The van der Waals surface area contributed by atoms with Crippen LogP contribution in [0.15, 0.2) is 48.5 Å². The summed E-state index contributed by atoms with van der Waals surface area (Å²) in [5.41, 5.74) is 1.18. The molecule has 0 radical (unpaired) electrons. The molecule has 3 rings (SSSR count). The number of benzene rings is 2. The van der Waals surface area contributed by atoms with Crippen LogP contribution in [0.2, 0.25) is 0 Å². The predicted octanol–water partition coefficient (Wildman–Crippen LogP) is 4.64. The van der Waals surface area contributed by atoms with Crippen molar-refractivity contribution in [3.63, 3.8) is 0 Å². The number of nitrogens with zero attached hydrogens (tertiary/aromatic N) is 1. The van der Waals surface area contributed by atoms with Gasteiger partial charge in [-0.2, -0.15) is 13.2 Å². The molecule has 2 amide bonds. The molecule has 1 fully saturated rings. The van der Waals surface area contributed by atoms with Crippen molar-refractivity contribution in [2.24, 2.45) is 11.8 Å². The molecule has 7 heteroatoms. The van der Waals surface area contributed by atoms with Crippen molar-refractivity contribution >= 4 is 11.8 Å². The standard InChI is InChI=1S/C24H27F3N2O2/c1-15(2)12-28-22(30)21-14-29(23(31)17-9-7-16(3)8-10-17)13-20(21)18-5-4-6-19(11-18)24(25,26)27/h4-11,15,20-21H,12-14H2,1-3H3,(H,28,30). The number of rotatable bonds is 5. The van der Waals surface area contributed by atoms with Crippen LogP contribution in [0.1, 0.15) is 46.8 Å². The highest BCUT2D eigenvalue weighted by Gasteiger charge is 2.41. The van der Waals surface area contributed by atoms with Crippen LogP contribution in [0.3, 0.4) is 0 Å². The van der Waals surface area contributed by atoms with Crippen molar-refractivity contribution in [2.45, 2.75) is 32.9 Å². The predicted molar refractivity (Wildman–Crippen MR) is 113 cm³/mol. The van der Waals surface area contributed by atoms with Gasteiger partial charge < -0.3 is 10.2 Å². The number of nitrogens with one attached hydrogen (secondary N) is 1. The van der Waals surface area contributed by atoms with E-state index in [9.17, 15) is 22.8 Å². The van der Waals surface area contributed by atoms with E-state index in [-0.39, 0.29) is 30.8 Å². The zero-order valence-corrected chi connectivity index (χ0v) is 17.9. The Morgan fingerprint density at radius 3 is 2.39 bits per heavy atom. The Kier molecular flexibility index (Phi) is 6.72. The van der Waals surface area contributed by atoms with Crippen LogP contribution in [-0.4, -0.2) is 36.3 Å².